The molecule has 2 aliphatic heterocycles. The molecule has 7 nitrogen and oxygen atoms in total. The number of carbonyl (C=O) groups excluding carboxylic acids is 2. The van der Waals surface area contributed by atoms with Gasteiger partial charge >= 0.3 is 6.03 Å². The summed E-state index contributed by atoms with van der Waals surface area (Å²) in [4.78, 5) is 28.0. The van der Waals surface area contributed by atoms with E-state index >= 15 is 0 Å². The van der Waals surface area contributed by atoms with E-state index in [1.807, 2.05) is 42.5 Å². The molecule has 134 valence electrons. The highest BCUT2D eigenvalue weighted by molar-refractivity contribution is 5.99. The number of rotatable bonds is 4. The van der Waals surface area contributed by atoms with Gasteiger partial charge in [0, 0.05) is 30.5 Å². The fraction of sp³-hybridized carbons (Fsp3) is 0.263. The molecule has 2 aliphatic rings. The second kappa shape index (κ2) is 6.95. The number of carbonyl (C=O) groups is 2. The molecule has 3 amide bonds. The minimum atomic E-state index is -0.214. The van der Waals surface area contributed by atoms with Crippen LogP contribution in [0.2, 0.25) is 0 Å². The lowest BCUT2D eigenvalue weighted by molar-refractivity contribution is -0.116. The van der Waals surface area contributed by atoms with E-state index in [9.17, 15) is 9.59 Å². The van der Waals surface area contributed by atoms with E-state index in [0.717, 1.165) is 5.69 Å². The first-order chi connectivity index (χ1) is 12.7. The zero-order valence-corrected chi connectivity index (χ0v) is 14.2. The van der Waals surface area contributed by atoms with Crippen LogP contribution in [0.25, 0.3) is 0 Å². The van der Waals surface area contributed by atoms with Gasteiger partial charge in [-0.2, -0.15) is 0 Å². The van der Waals surface area contributed by atoms with Crippen LogP contribution in [0.5, 0.6) is 11.5 Å². The van der Waals surface area contributed by atoms with Crippen molar-refractivity contribution in [2.24, 2.45) is 0 Å². The Morgan fingerprint density at radius 1 is 1.00 bits per heavy atom. The molecule has 0 unspecified atom stereocenters. The van der Waals surface area contributed by atoms with Gasteiger partial charge in [-0.05, 0) is 24.3 Å². The number of para-hydroxylation sites is 1. The molecule has 2 aromatic carbocycles. The Bertz CT molecular complexity index is 825. The van der Waals surface area contributed by atoms with Gasteiger partial charge in [0.2, 0.25) is 5.91 Å². The summed E-state index contributed by atoms with van der Waals surface area (Å²) in [5, 5.41) is 2.80. The van der Waals surface area contributed by atoms with Crippen molar-refractivity contribution in [3.63, 3.8) is 0 Å². The van der Waals surface area contributed by atoms with Crippen LogP contribution < -0.4 is 19.7 Å². The Labute approximate surface area is 151 Å². The van der Waals surface area contributed by atoms with Gasteiger partial charge in [0.25, 0.3) is 0 Å². The van der Waals surface area contributed by atoms with Crippen molar-refractivity contribution in [1.82, 2.24) is 4.90 Å². The zero-order chi connectivity index (χ0) is 17.9. The highest BCUT2D eigenvalue weighted by Gasteiger charge is 2.31. The number of benzene rings is 2. The fourth-order valence-electron chi connectivity index (χ4n) is 3.06. The Morgan fingerprint density at radius 2 is 1.77 bits per heavy atom. The number of amides is 3. The molecule has 26 heavy (non-hydrogen) atoms. The molecule has 0 aliphatic carbocycles. The Morgan fingerprint density at radius 3 is 2.58 bits per heavy atom. The van der Waals surface area contributed by atoms with Crippen molar-refractivity contribution in [2.75, 3.05) is 43.1 Å². The summed E-state index contributed by atoms with van der Waals surface area (Å²) < 4.78 is 11.1. The SMILES string of the molecule is O=C(CN1CCN(c2ccc3c(c2)OCCO3)C1=O)Nc1ccccc1. The summed E-state index contributed by atoms with van der Waals surface area (Å²) in [6.07, 6.45) is 0. The van der Waals surface area contributed by atoms with Crippen molar-refractivity contribution in [2.45, 2.75) is 0 Å². The first-order valence-electron chi connectivity index (χ1n) is 8.52. The van der Waals surface area contributed by atoms with Crippen molar-refractivity contribution >= 4 is 23.3 Å². The predicted molar refractivity (Wildman–Crippen MR) is 96.8 cm³/mol. The third kappa shape index (κ3) is 3.28. The summed E-state index contributed by atoms with van der Waals surface area (Å²) in [6, 6.07) is 14.5. The lowest BCUT2D eigenvalue weighted by Crippen LogP contribution is -2.37. The van der Waals surface area contributed by atoms with E-state index in [4.69, 9.17) is 9.47 Å². The molecular weight excluding hydrogens is 334 g/mol. The highest BCUT2D eigenvalue weighted by atomic mass is 16.6. The lowest BCUT2D eigenvalue weighted by atomic mass is 10.2. The molecule has 1 saturated heterocycles. The Kier molecular flexibility index (Phi) is 4.35. The molecule has 1 N–H and O–H groups in total. The molecule has 0 bridgehead atoms. The van der Waals surface area contributed by atoms with Gasteiger partial charge in [0.05, 0.1) is 0 Å². The molecule has 0 atom stereocenters. The van der Waals surface area contributed by atoms with Crippen LogP contribution in [0, 0.1) is 0 Å². The summed E-state index contributed by atoms with van der Waals surface area (Å²) in [5.74, 6) is 1.11. The van der Waals surface area contributed by atoms with Gasteiger partial charge < -0.3 is 19.7 Å². The van der Waals surface area contributed by atoms with Gasteiger partial charge in [0.15, 0.2) is 11.5 Å². The highest BCUT2D eigenvalue weighted by Crippen LogP contribution is 2.34. The lowest BCUT2D eigenvalue weighted by Gasteiger charge is -2.22. The van der Waals surface area contributed by atoms with Crippen LogP contribution in [-0.2, 0) is 4.79 Å². The van der Waals surface area contributed by atoms with E-state index in [2.05, 4.69) is 5.32 Å². The number of hydrogen-bond acceptors (Lipinski definition) is 4. The standard InChI is InChI=1S/C19H19N3O4/c23-18(20-14-4-2-1-3-5-14)13-21-8-9-22(19(21)24)15-6-7-16-17(12-15)26-11-10-25-16/h1-7,12H,8-11,13H2,(H,20,23). The molecule has 4 rings (SSSR count). The molecular formula is C19H19N3O4. The first kappa shape index (κ1) is 16.3. The van der Waals surface area contributed by atoms with Crippen molar-refractivity contribution in [1.29, 1.82) is 0 Å². The number of nitrogens with zero attached hydrogens (tertiary/aromatic N) is 2. The van der Waals surface area contributed by atoms with Crippen LogP contribution in [0.4, 0.5) is 16.2 Å². The molecule has 2 heterocycles. The second-order valence-corrected chi connectivity index (χ2v) is 6.10. The monoisotopic (exact) mass is 353 g/mol. The van der Waals surface area contributed by atoms with E-state index in [0.29, 0.717) is 43.5 Å². The molecule has 0 saturated carbocycles. The smallest absolute Gasteiger partial charge is 0.325 e. The van der Waals surface area contributed by atoms with Crippen LogP contribution in [0.1, 0.15) is 0 Å². The van der Waals surface area contributed by atoms with Gasteiger partial charge in [0.1, 0.15) is 19.8 Å². The van der Waals surface area contributed by atoms with Crippen LogP contribution >= 0.6 is 0 Å². The molecule has 7 heteroatoms. The number of nitrogens with one attached hydrogen (secondary N) is 1. The second-order valence-electron chi connectivity index (χ2n) is 6.10. The summed E-state index contributed by atoms with van der Waals surface area (Å²) in [5.41, 5.74) is 1.46. The van der Waals surface area contributed by atoms with E-state index < -0.39 is 0 Å². The molecule has 2 aromatic rings. The first-order valence-corrected chi connectivity index (χ1v) is 8.52. The van der Waals surface area contributed by atoms with Crippen LogP contribution in [-0.4, -0.2) is 49.7 Å². The summed E-state index contributed by atoms with van der Waals surface area (Å²) >= 11 is 0. The number of urea groups is 1. The van der Waals surface area contributed by atoms with Gasteiger partial charge in [-0.25, -0.2) is 4.79 Å². The largest absolute Gasteiger partial charge is 0.486 e. The predicted octanol–water partition coefficient (Wildman–Crippen LogP) is 2.34. The zero-order valence-electron chi connectivity index (χ0n) is 14.2. The van der Waals surface area contributed by atoms with Gasteiger partial charge in [-0.1, -0.05) is 18.2 Å². The quantitative estimate of drug-likeness (QED) is 0.916. The number of anilines is 2. The van der Waals surface area contributed by atoms with Crippen molar-refractivity contribution < 1.29 is 19.1 Å². The third-order valence-corrected chi connectivity index (χ3v) is 4.32. The molecule has 0 radical (unpaired) electrons. The minimum Gasteiger partial charge on any atom is -0.486 e. The molecule has 1 fully saturated rings. The van der Waals surface area contributed by atoms with Crippen LogP contribution in [0.3, 0.4) is 0 Å². The van der Waals surface area contributed by atoms with Crippen molar-refractivity contribution in [3.05, 3.63) is 48.5 Å². The average molecular weight is 353 g/mol. The fourth-order valence-corrected chi connectivity index (χ4v) is 3.06. The molecule has 0 spiro atoms. The van der Waals surface area contributed by atoms with Gasteiger partial charge in [-0.3, -0.25) is 9.69 Å². The van der Waals surface area contributed by atoms with E-state index in [-0.39, 0.29) is 18.5 Å². The summed E-state index contributed by atoms with van der Waals surface area (Å²) in [7, 11) is 0. The number of ether oxygens (including phenoxy) is 2. The topological polar surface area (TPSA) is 71.1 Å². The minimum absolute atomic E-state index is 0.0226. The normalized spacial score (nSPS) is 15.9. The Hall–Kier alpha value is -3.22. The average Bonchev–Trinajstić information content (AvgIpc) is 3.02. The summed E-state index contributed by atoms with van der Waals surface area (Å²) in [6.45, 7) is 2.07. The number of fused-ring (bicyclic) bond motifs is 1. The van der Waals surface area contributed by atoms with E-state index in [1.54, 1.807) is 11.0 Å². The van der Waals surface area contributed by atoms with Crippen LogP contribution in [0.15, 0.2) is 48.5 Å². The maximum Gasteiger partial charge on any atom is 0.325 e. The maximum atomic E-state index is 12.7. The molecule has 0 aromatic heterocycles. The van der Waals surface area contributed by atoms with E-state index in [1.165, 1.54) is 4.90 Å². The maximum absolute atomic E-state index is 12.7. The van der Waals surface area contributed by atoms with Gasteiger partial charge in [-0.15, -0.1) is 0 Å². The third-order valence-electron chi connectivity index (χ3n) is 4.32. The Balaban J connectivity index is 1.41. The number of hydrogen-bond donors (Lipinski definition) is 1. The van der Waals surface area contributed by atoms with Crippen molar-refractivity contribution in [3.8, 4) is 11.5 Å².